The highest BCUT2D eigenvalue weighted by Gasteiger charge is 2.18. The zero-order valence-electron chi connectivity index (χ0n) is 10.7. The van der Waals surface area contributed by atoms with Crippen molar-refractivity contribution in [2.24, 2.45) is 5.92 Å². The molecule has 0 saturated heterocycles. The Morgan fingerprint density at radius 1 is 1.38 bits per heavy atom. The predicted octanol–water partition coefficient (Wildman–Crippen LogP) is 2.60. The van der Waals surface area contributed by atoms with E-state index in [1.165, 1.54) is 11.5 Å². The van der Waals surface area contributed by atoms with Crippen LogP contribution in [0.1, 0.15) is 27.7 Å². The van der Waals surface area contributed by atoms with Crippen LogP contribution < -0.4 is 15.4 Å². The van der Waals surface area contributed by atoms with E-state index >= 15 is 0 Å². The summed E-state index contributed by atoms with van der Waals surface area (Å²) >= 11 is 1.39. The van der Waals surface area contributed by atoms with Crippen molar-refractivity contribution in [3.63, 3.8) is 0 Å². The molecule has 0 aliphatic heterocycles. The predicted molar refractivity (Wildman–Crippen MR) is 70.4 cm³/mol. The summed E-state index contributed by atoms with van der Waals surface area (Å²) in [7, 11) is 2.04. The molecule has 0 atom stereocenters. The third kappa shape index (κ3) is 3.27. The molecule has 1 aromatic heterocycles. The first kappa shape index (κ1) is 13.1. The lowest BCUT2D eigenvalue weighted by atomic mass is 10.2. The fourth-order valence-corrected chi connectivity index (χ4v) is 2.22. The van der Waals surface area contributed by atoms with E-state index in [-0.39, 0.29) is 6.10 Å². The zero-order valence-corrected chi connectivity index (χ0v) is 11.5. The highest BCUT2D eigenvalue weighted by molar-refractivity contribution is 7.11. The number of ether oxygens (including phenoxy) is 1. The minimum Gasteiger partial charge on any atom is -0.484 e. The van der Waals surface area contributed by atoms with Crippen LogP contribution in [-0.2, 0) is 0 Å². The highest BCUT2D eigenvalue weighted by atomic mass is 32.1. The molecular weight excluding hydrogens is 222 g/mol. The van der Waals surface area contributed by atoms with Crippen LogP contribution in [0.15, 0.2) is 0 Å². The molecule has 2 N–H and O–H groups in total. The summed E-state index contributed by atoms with van der Waals surface area (Å²) in [5.41, 5.74) is 5.81. The van der Waals surface area contributed by atoms with Crippen molar-refractivity contribution in [1.29, 1.82) is 0 Å². The highest BCUT2D eigenvalue weighted by Crippen LogP contribution is 2.38. The van der Waals surface area contributed by atoms with Crippen molar-refractivity contribution in [2.45, 2.75) is 33.8 Å². The SMILES string of the molecule is CC(C)CN(C)c1snc(N)c1OC(C)C. The van der Waals surface area contributed by atoms with Crippen LogP contribution in [0.2, 0.25) is 0 Å². The Hall–Kier alpha value is -0.970. The molecule has 92 valence electrons. The van der Waals surface area contributed by atoms with Crippen molar-refractivity contribution in [1.82, 2.24) is 4.37 Å². The van der Waals surface area contributed by atoms with E-state index in [0.29, 0.717) is 11.7 Å². The minimum absolute atomic E-state index is 0.116. The van der Waals surface area contributed by atoms with Gasteiger partial charge in [-0.15, -0.1) is 0 Å². The summed E-state index contributed by atoms with van der Waals surface area (Å²) in [4.78, 5) is 2.15. The average Bonchev–Trinajstić information content (AvgIpc) is 2.46. The molecule has 0 aromatic carbocycles. The molecule has 0 radical (unpaired) electrons. The molecule has 0 spiro atoms. The number of rotatable bonds is 5. The maximum atomic E-state index is 5.81. The van der Waals surface area contributed by atoms with E-state index in [9.17, 15) is 0 Å². The van der Waals surface area contributed by atoms with Crippen LogP contribution in [0, 0.1) is 5.92 Å². The Bertz CT molecular complexity index is 336. The summed E-state index contributed by atoms with van der Waals surface area (Å²) in [6.07, 6.45) is 0.116. The summed E-state index contributed by atoms with van der Waals surface area (Å²) in [6.45, 7) is 9.32. The summed E-state index contributed by atoms with van der Waals surface area (Å²) in [5, 5.41) is 1.01. The van der Waals surface area contributed by atoms with Crippen molar-refractivity contribution >= 4 is 22.4 Å². The van der Waals surface area contributed by atoms with Gasteiger partial charge in [0.1, 0.15) is 0 Å². The molecule has 0 aliphatic rings. The van der Waals surface area contributed by atoms with Crippen molar-refractivity contribution in [3.05, 3.63) is 0 Å². The van der Waals surface area contributed by atoms with Crippen LogP contribution in [0.3, 0.4) is 0 Å². The maximum Gasteiger partial charge on any atom is 0.198 e. The van der Waals surface area contributed by atoms with Crippen LogP contribution in [0.5, 0.6) is 5.75 Å². The normalized spacial score (nSPS) is 11.2. The third-order valence-electron chi connectivity index (χ3n) is 2.00. The molecule has 0 aliphatic carbocycles. The van der Waals surface area contributed by atoms with Gasteiger partial charge in [-0.1, -0.05) is 13.8 Å². The molecule has 1 aromatic rings. The summed E-state index contributed by atoms with van der Waals surface area (Å²) < 4.78 is 9.85. The molecule has 1 heterocycles. The lowest BCUT2D eigenvalue weighted by Crippen LogP contribution is -2.22. The maximum absolute atomic E-state index is 5.81. The van der Waals surface area contributed by atoms with Gasteiger partial charge in [0.25, 0.3) is 0 Å². The quantitative estimate of drug-likeness (QED) is 0.863. The van der Waals surface area contributed by atoms with Gasteiger partial charge < -0.3 is 15.4 Å². The Balaban J connectivity index is 2.86. The van der Waals surface area contributed by atoms with Gasteiger partial charge in [0.05, 0.1) is 6.10 Å². The largest absolute Gasteiger partial charge is 0.484 e. The fourth-order valence-electron chi connectivity index (χ4n) is 1.51. The Morgan fingerprint density at radius 2 is 2.00 bits per heavy atom. The molecule has 16 heavy (non-hydrogen) atoms. The summed E-state index contributed by atoms with van der Waals surface area (Å²) in [6, 6.07) is 0. The van der Waals surface area contributed by atoms with Gasteiger partial charge in [0.15, 0.2) is 16.6 Å². The molecule has 0 amide bonds. The molecule has 4 nitrogen and oxygen atoms in total. The molecule has 5 heteroatoms. The van der Waals surface area contributed by atoms with E-state index in [1.54, 1.807) is 0 Å². The molecule has 0 bridgehead atoms. The molecule has 0 unspecified atom stereocenters. The van der Waals surface area contributed by atoms with Gasteiger partial charge in [-0.05, 0) is 31.3 Å². The van der Waals surface area contributed by atoms with Crippen LogP contribution in [-0.4, -0.2) is 24.1 Å². The van der Waals surface area contributed by atoms with E-state index in [0.717, 1.165) is 17.3 Å². The van der Waals surface area contributed by atoms with Crippen LogP contribution in [0.25, 0.3) is 0 Å². The number of hydrogen-bond donors (Lipinski definition) is 1. The Kier molecular flexibility index (Phi) is 4.41. The van der Waals surface area contributed by atoms with E-state index in [1.807, 2.05) is 20.9 Å². The zero-order chi connectivity index (χ0) is 12.3. The van der Waals surface area contributed by atoms with Gasteiger partial charge in [-0.3, -0.25) is 0 Å². The Morgan fingerprint density at radius 3 is 2.50 bits per heavy atom. The van der Waals surface area contributed by atoms with Gasteiger partial charge in [0.2, 0.25) is 0 Å². The summed E-state index contributed by atoms with van der Waals surface area (Å²) in [5.74, 6) is 1.81. The van der Waals surface area contributed by atoms with Gasteiger partial charge in [-0.25, -0.2) is 0 Å². The van der Waals surface area contributed by atoms with Gasteiger partial charge in [-0.2, -0.15) is 4.37 Å². The van der Waals surface area contributed by atoms with E-state index in [4.69, 9.17) is 10.5 Å². The van der Waals surface area contributed by atoms with E-state index < -0.39 is 0 Å². The van der Waals surface area contributed by atoms with Gasteiger partial charge >= 0.3 is 0 Å². The fraction of sp³-hybridized carbons (Fsp3) is 0.727. The first-order valence-corrected chi connectivity index (χ1v) is 6.32. The number of nitrogen functional groups attached to an aromatic ring is 1. The second kappa shape index (κ2) is 5.39. The number of nitrogens with zero attached hydrogens (tertiary/aromatic N) is 2. The first-order valence-electron chi connectivity index (χ1n) is 5.54. The van der Waals surface area contributed by atoms with E-state index in [2.05, 4.69) is 23.1 Å². The monoisotopic (exact) mass is 243 g/mol. The van der Waals surface area contributed by atoms with Crippen molar-refractivity contribution < 1.29 is 4.74 Å². The molecular formula is C11H21N3OS. The molecule has 0 saturated carbocycles. The lowest BCUT2D eigenvalue weighted by Gasteiger charge is -2.21. The topological polar surface area (TPSA) is 51.4 Å². The average molecular weight is 243 g/mol. The van der Waals surface area contributed by atoms with Crippen LogP contribution >= 0.6 is 11.5 Å². The minimum atomic E-state index is 0.116. The number of hydrogen-bond acceptors (Lipinski definition) is 5. The second-order valence-corrected chi connectivity index (χ2v) is 5.39. The van der Waals surface area contributed by atoms with Crippen molar-refractivity contribution in [3.8, 4) is 5.75 Å². The molecule has 1 rings (SSSR count). The van der Waals surface area contributed by atoms with Crippen LogP contribution in [0.4, 0.5) is 10.8 Å². The standard InChI is InChI=1S/C11H21N3OS/c1-7(2)6-14(5)11-9(15-8(3)4)10(12)13-16-11/h7-8H,6H2,1-5H3,(H2,12,13). The second-order valence-electron chi connectivity index (χ2n) is 4.64. The van der Waals surface area contributed by atoms with Crippen molar-refractivity contribution in [2.75, 3.05) is 24.2 Å². The third-order valence-corrected chi connectivity index (χ3v) is 2.95. The first-order chi connectivity index (χ1) is 7.41. The number of nitrogens with two attached hydrogens (primary N) is 1. The smallest absolute Gasteiger partial charge is 0.198 e. The lowest BCUT2D eigenvalue weighted by molar-refractivity contribution is 0.245. The molecule has 0 fully saturated rings. The number of aromatic nitrogens is 1. The Labute approximate surface area is 102 Å². The van der Waals surface area contributed by atoms with Gasteiger partial charge in [0, 0.05) is 13.6 Å². The number of anilines is 2.